The van der Waals surface area contributed by atoms with Crippen molar-refractivity contribution in [2.24, 2.45) is 5.92 Å². The number of halogens is 2. The van der Waals surface area contributed by atoms with E-state index in [1.807, 2.05) is 6.92 Å². The number of fused-ring (bicyclic) bond motifs is 1. The van der Waals surface area contributed by atoms with Gasteiger partial charge in [-0.25, -0.2) is 0 Å². The third-order valence-corrected chi connectivity index (χ3v) is 5.46. The fourth-order valence-electron chi connectivity index (χ4n) is 1.73. The van der Waals surface area contributed by atoms with Crippen molar-refractivity contribution < 1.29 is 9.59 Å². The van der Waals surface area contributed by atoms with Crippen molar-refractivity contribution in [3.8, 4) is 0 Å². The number of thiophene rings is 1. The van der Waals surface area contributed by atoms with Crippen LogP contribution >= 0.6 is 43.2 Å². The maximum absolute atomic E-state index is 12.2. The van der Waals surface area contributed by atoms with Crippen LogP contribution in [0.5, 0.6) is 0 Å². The summed E-state index contributed by atoms with van der Waals surface area (Å²) in [5, 5.41) is 0. The van der Waals surface area contributed by atoms with E-state index in [0.29, 0.717) is 23.6 Å². The predicted octanol–water partition coefficient (Wildman–Crippen LogP) is 3.92. The van der Waals surface area contributed by atoms with E-state index in [-0.39, 0.29) is 11.8 Å². The van der Waals surface area contributed by atoms with Gasteiger partial charge in [0.1, 0.15) is 0 Å². The number of hydrogen-bond donors (Lipinski definition) is 0. The second-order valence-corrected chi connectivity index (χ2v) is 7.79. The van der Waals surface area contributed by atoms with Gasteiger partial charge in [0.2, 0.25) is 0 Å². The highest BCUT2D eigenvalue weighted by atomic mass is 79.9. The van der Waals surface area contributed by atoms with Gasteiger partial charge in [0, 0.05) is 6.54 Å². The molecular weight excluding hydrogens is 370 g/mol. The summed E-state index contributed by atoms with van der Waals surface area (Å²) in [5.74, 6) is -0.0358. The quantitative estimate of drug-likeness (QED) is 0.745. The normalized spacial score (nSPS) is 16.6. The molecule has 0 fully saturated rings. The first-order chi connectivity index (χ1) is 7.97. The van der Waals surface area contributed by atoms with Crippen molar-refractivity contribution >= 4 is 55.0 Å². The second kappa shape index (κ2) is 4.82. The summed E-state index contributed by atoms with van der Waals surface area (Å²) in [6.45, 7) is 4.58. The van der Waals surface area contributed by atoms with Gasteiger partial charge in [0.25, 0.3) is 11.8 Å². The summed E-state index contributed by atoms with van der Waals surface area (Å²) < 4.78 is 1.45. The first-order valence-corrected chi connectivity index (χ1v) is 7.71. The van der Waals surface area contributed by atoms with Crippen LogP contribution in [0.3, 0.4) is 0 Å². The van der Waals surface area contributed by atoms with Crippen LogP contribution < -0.4 is 0 Å². The van der Waals surface area contributed by atoms with Gasteiger partial charge in [-0.1, -0.05) is 20.3 Å². The first-order valence-electron chi connectivity index (χ1n) is 5.31. The molecular formula is C11H11Br2NO2S. The molecule has 0 aromatic carbocycles. The smallest absolute Gasteiger partial charge is 0.263 e. The fraction of sp³-hybridized carbons (Fsp3) is 0.455. The molecule has 2 heterocycles. The minimum absolute atomic E-state index is 0.181. The second-order valence-electron chi connectivity index (χ2n) is 4.13. The summed E-state index contributed by atoms with van der Waals surface area (Å²) in [6, 6.07) is 0. The van der Waals surface area contributed by atoms with Gasteiger partial charge in [-0.15, -0.1) is 11.3 Å². The first kappa shape index (κ1) is 13.2. The highest BCUT2D eigenvalue weighted by molar-refractivity contribution is 9.12. The highest BCUT2D eigenvalue weighted by Crippen LogP contribution is 2.42. The third-order valence-electron chi connectivity index (χ3n) is 2.93. The van der Waals surface area contributed by atoms with Crippen LogP contribution in [-0.4, -0.2) is 23.3 Å². The van der Waals surface area contributed by atoms with Crippen molar-refractivity contribution in [3.63, 3.8) is 0 Å². The lowest BCUT2D eigenvalue weighted by atomic mass is 10.1. The number of amides is 2. The molecule has 1 unspecified atom stereocenters. The zero-order valence-electron chi connectivity index (χ0n) is 9.42. The van der Waals surface area contributed by atoms with E-state index in [2.05, 4.69) is 38.8 Å². The van der Waals surface area contributed by atoms with Gasteiger partial charge in [-0.2, -0.15) is 0 Å². The maximum Gasteiger partial charge on any atom is 0.263 e. The van der Waals surface area contributed by atoms with E-state index < -0.39 is 0 Å². The highest BCUT2D eigenvalue weighted by Gasteiger charge is 2.40. The summed E-state index contributed by atoms with van der Waals surface area (Å²) in [4.78, 5) is 25.7. The van der Waals surface area contributed by atoms with Gasteiger partial charge in [0.15, 0.2) is 0 Å². The lowest BCUT2D eigenvalue weighted by Gasteiger charge is -2.18. The summed E-state index contributed by atoms with van der Waals surface area (Å²) >= 11 is 8.04. The van der Waals surface area contributed by atoms with E-state index in [1.165, 1.54) is 16.2 Å². The van der Waals surface area contributed by atoms with Crippen molar-refractivity contribution in [3.05, 3.63) is 18.7 Å². The molecule has 2 amide bonds. The Morgan fingerprint density at radius 3 is 2.06 bits per heavy atom. The molecule has 6 heteroatoms. The zero-order valence-corrected chi connectivity index (χ0v) is 13.4. The van der Waals surface area contributed by atoms with Gasteiger partial charge in [-0.3, -0.25) is 14.5 Å². The monoisotopic (exact) mass is 379 g/mol. The zero-order chi connectivity index (χ0) is 12.7. The van der Waals surface area contributed by atoms with E-state index in [4.69, 9.17) is 0 Å². The van der Waals surface area contributed by atoms with E-state index in [9.17, 15) is 9.59 Å². The van der Waals surface area contributed by atoms with Crippen LogP contribution in [0.4, 0.5) is 0 Å². The van der Waals surface area contributed by atoms with Gasteiger partial charge >= 0.3 is 0 Å². The molecule has 2 rings (SSSR count). The Morgan fingerprint density at radius 2 is 1.65 bits per heavy atom. The van der Waals surface area contributed by atoms with Crippen LogP contribution in [0.2, 0.25) is 0 Å². The van der Waals surface area contributed by atoms with E-state index in [0.717, 1.165) is 14.0 Å². The number of imide groups is 1. The molecule has 1 aromatic heterocycles. The van der Waals surface area contributed by atoms with Crippen LogP contribution in [0, 0.1) is 5.92 Å². The van der Waals surface area contributed by atoms with Crippen molar-refractivity contribution in [2.75, 3.05) is 6.54 Å². The predicted molar refractivity (Wildman–Crippen MR) is 74.5 cm³/mol. The molecule has 0 N–H and O–H groups in total. The number of hydrogen-bond acceptors (Lipinski definition) is 3. The molecule has 1 aliphatic rings. The molecule has 0 radical (unpaired) electrons. The SMILES string of the molecule is CCC(C)CN1C(=O)c2c(Br)sc(Br)c2C1=O. The van der Waals surface area contributed by atoms with Crippen LogP contribution in [-0.2, 0) is 0 Å². The molecule has 1 aromatic rings. The molecule has 0 spiro atoms. The van der Waals surface area contributed by atoms with E-state index in [1.54, 1.807) is 0 Å². The molecule has 0 saturated carbocycles. The summed E-state index contributed by atoms with van der Waals surface area (Å²) in [6.07, 6.45) is 0.951. The average Bonchev–Trinajstić information content (AvgIpc) is 2.70. The Kier molecular flexibility index (Phi) is 3.75. The van der Waals surface area contributed by atoms with Crippen molar-refractivity contribution in [2.45, 2.75) is 20.3 Å². The number of nitrogens with zero attached hydrogens (tertiary/aromatic N) is 1. The van der Waals surface area contributed by atoms with Crippen LogP contribution in [0.1, 0.15) is 41.0 Å². The number of carbonyl (C=O) groups is 2. The maximum atomic E-state index is 12.2. The Bertz CT molecular complexity index is 461. The van der Waals surface area contributed by atoms with Crippen molar-refractivity contribution in [1.29, 1.82) is 0 Å². The van der Waals surface area contributed by atoms with Gasteiger partial charge in [0.05, 0.1) is 18.7 Å². The number of carbonyl (C=O) groups excluding carboxylic acids is 2. The van der Waals surface area contributed by atoms with Gasteiger partial charge in [-0.05, 0) is 37.8 Å². The minimum Gasteiger partial charge on any atom is -0.274 e. The molecule has 1 atom stereocenters. The Labute approximate surface area is 120 Å². The lowest BCUT2D eigenvalue weighted by Crippen LogP contribution is -2.33. The molecule has 1 aliphatic heterocycles. The van der Waals surface area contributed by atoms with Crippen LogP contribution in [0.15, 0.2) is 7.57 Å². The van der Waals surface area contributed by atoms with Crippen LogP contribution in [0.25, 0.3) is 0 Å². The summed E-state index contributed by atoms with van der Waals surface area (Å²) in [5.41, 5.74) is 1.02. The van der Waals surface area contributed by atoms with Crippen molar-refractivity contribution in [1.82, 2.24) is 4.90 Å². The Morgan fingerprint density at radius 1 is 1.18 bits per heavy atom. The average molecular weight is 381 g/mol. The standard InChI is InChI=1S/C11H11Br2NO2S/c1-3-5(2)4-14-10(15)6-7(11(14)16)9(13)17-8(6)12/h5H,3-4H2,1-2H3. The lowest BCUT2D eigenvalue weighted by molar-refractivity contribution is 0.0631. The topological polar surface area (TPSA) is 37.4 Å². The molecule has 92 valence electrons. The molecule has 3 nitrogen and oxygen atoms in total. The summed E-state index contributed by atoms with van der Waals surface area (Å²) in [7, 11) is 0. The van der Waals surface area contributed by atoms with Gasteiger partial charge < -0.3 is 0 Å². The Hall–Kier alpha value is -0.200. The molecule has 0 bridgehead atoms. The number of rotatable bonds is 3. The fourth-order valence-corrected chi connectivity index (χ4v) is 4.83. The third kappa shape index (κ3) is 2.11. The Balaban J connectivity index is 2.36. The largest absolute Gasteiger partial charge is 0.274 e. The van der Waals surface area contributed by atoms with E-state index >= 15 is 0 Å². The molecule has 0 saturated heterocycles. The minimum atomic E-state index is -0.181. The molecule has 17 heavy (non-hydrogen) atoms. The molecule has 0 aliphatic carbocycles.